The first kappa shape index (κ1) is 14.9. The van der Waals surface area contributed by atoms with Crippen LogP contribution in [0.1, 0.15) is 35.9 Å². The molecule has 7 nitrogen and oxygen atoms in total. The zero-order chi connectivity index (χ0) is 16.7. The lowest BCUT2D eigenvalue weighted by atomic mass is 9.88. The van der Waals surface area contributed by atoms with Gasteiger partial charge in [-0.1, -0.05) is 31.2 Å². The van der Waals surface area contributed by atoms with Gasteiger partial charge in [-0.05, 0) is 24.0 Å². The van der Waals surface area contributed by atoms with Crippen molar-refractivity contribution in [2.24, 2.45) is 5.41 Å². The molecule has 24 heavy (non-hydrogen) atoms. The molecule has 124 valence electrons. The average Bonchev–Trinajstić information content (AvgIpc) is 3.12. The number of carbonyl (C=O) groups excluding carboxylic acids is 1. The third kappa shape index (κ3) is 2.66. The molecule has 1 aromatic carbocycles. The molecule has 0 saturated carbocycles. The first-order valence-corrected chi connectivity index (χ1v) is 8.16. The molecule has 7 heteroatoms. The van der Waals surface area contributed by atoms with Crippen LogP contribution in [0.2, 0.25) is 0 Å². The number of H-pyrrole nitrogens is 1. The van der Waals surface area contributed by atoms with E-state index in [4.69, 9.17) is 0 Å². The van der Waals surface area contributed by atoms with E-state index in [1.165, 1.54) is 0 Å². The largest absolute Gasteiger partial charge is 0.350 e. The molecule has 2 N–H and O–H groups in total. The number of nitrogens with one attached hydrogen (secondary N) is 2. The highest BCUT2D eigenvalue weighted by molar-refractivity contribution is 5.93. The summed E-state index contributed by atoms with van der Waals surface area (Å²) in [7, 11) is 0. The van der Waals surface area contributed by atoms with Crippen LogP contribution in [0.25, 0.3) is 11.0 Å². The molecule has 2 aromatic heterocycles. The van der Waals surface area contributed by atoms with Crippen LogP contribution in [-0.4, -0.2) is 37.4 Å². The Kier molecular flexibility index (Phi) is 3.37. The molecule has 0 aliphatic carbocycles. The predicted octanol–water partition coefficient (Wildman–Crippen LogP) is 1.71. The van der Waals surface area contributed by atoms with E-state index in [2.05, 4.69) is 39.4 Å². The van der Waals surface area contributed by atoms with Crippen molar-refractivity contribution in [3.63, 3.8) is 0 Å². The highest BCUT2D eigenvalue weighted by Crippen LogP contribution is 2.25. The summed E-state index contributed by atoms with van der Waals surface area (Å²) in [5.41, 5.74) is 3.36. The first-order chi connectivity index (χ1) is 11.5. The Morgan fingerprint density at radius 3 is 3.00 bits per heavy atom. The van der Waals surface area contributed by atoms with Gasteiger partial charge in [0.2, 0.25) is 0 Å². The molecule has 0 unspecified atom stereocenters. The number of fused-ring (bicyclic) bond motifs is 2. The number of benzene rings is 1. The zero-order valence-electron chi connectivity index (χ0n) is 13.8. The molecule has 0 fully saturated rings. The Morgan fingerprint density at radius 2 is 2.12 bits per heavy atom. The average molecular weight is 324 g/mol. The minimum absolute atomic E-state index is 0.0207. The molecule has 0 radical (unpaired) electrons. The topological polar surface area (TPSA) is 88.5 Å². The van der Waals surface area contributed by atoms with Crippen LogP contribution in [0.3, 0.4) is 0 Å². The highest BCUT2D eigenvalue weighted by Gasteiger charge is 2.29. The summed E-state index contributed by atoms with van der Waals surface area (Å²) in [6, 6.07) is 7.87. The van der Waals surface area contributed by atoms with Gasteiger partial charge < -0.3 is 10.3 Å². The summed E-state index contributed by atoms with van der Waals surface area (Å²) < 4.78 is 1.87. The first-order valence-electron chi connectivity index (χ1n) is 8.16. The smallest absolute Gasteiger partial charge is 0.271 e. The van der Waals surface area contributed by atoms with Crippen molar-refractivity contribution in [2.75, 3.05) is 6.54 Å². The van der Waals surface area contributed by atoms with Crippen LogP contribution in [0.4, 0.5) is 0 Å². The normalized spacial score (nSPS) is 16.7. The van der Waals surface area contributed by atoms with E-state index in [-0.39, 0.29) is 11.3 Å². The summed E-state index contributed by atoms with van der Waals surface area (Å²) in [5, 5.41) is 11.3. The monoisotopic (exact) mass is 324 g/mol. The van der Waals surface area contributed by atoms with Gasteiger partial charge in [0.15, 0.2) is 0 Å². The Morgan fingerprint density at radius 1 is 1.29 bits per heavy atom. The summed E-state index contributed by atoms with van der Waals surface area (Å²) in [6.45, 7) is 5.61. The minimum atomic E-state index is -0.0933. The van der Waals surface area contributed by atoms with Crippen LogP contribution in [0, 0.1) is 5.41 Å². The third-order valence-corrected chi connectivity index (χ3v) is 4.41. The SMILES string of the molecule is CC1(C)CNC(=O)c2nc(CCn3nnc4ccccc43)[nH]c2C1. The second-order valence-corrected chi connectivity index (χ2v) is 7.09. The molecule has 0 bridgehead atoms. The molecular formula is C17H20N6O. The Balaban J connectivity index is 1.56. The quantitative estimate of drug-likeness (QED) is 0.767. The number of aromatic nitrogens is 5. The second-order valence-electron chi connectivity index (χ2n) is 7.09. The Labute approximate surface area is 139 Å². The van der Waals surface area contributed by atoms with E-state index in [9.17, 15) is 4.79 Å². The van der Waals surface area contributed by atoms with Gasteiger partial charge in [0.05, 0.1) is 12.1 Å². The lowest BCUT2D eigenvalue weighted by Gasteiger charge is -2.21. The van der Waals surface area contributed by atoms with Gasteiger partial charge in [0, 0.05) is 18.7 Å². The molecule has 1 amide bonds. The maximum atomic E-state index is 12.2. The zero-order valence-corrected chi connectivity index (χ0v) is 13.8. The van der Waals surface area contributed by atoms with Crippen molar-refractivity contribution in [3.05, 3.63) is 41.5 Å². The highest BCUT2D eigenvalue weighted by atomic mass is 16.1. The van der Waals surface area contributed by atoms with E-state index in [0.29, 0.717) is 25.2 Å². The fourth-order valence-electron chi connectivity index (χ4n) is 3.14. The molecule has 3 heterocycles. The van der Waals surface area contributed by atoms with E-state index < -0.39 is 0 Å². The third-order valence-electron chi connectivity index (χ3n) is 4.41. The van der Waals surface area contributed by atoms with Crippen LogP contribution >= 0.6 is 0 Å². The molecule has 0 saturated heterocycles. The standard InChI is InChI=1S/C17H20N6O/c1-17(2)9-12-15(16(24)18-10-17)20-14(19-12)7-8-23-13-6-4-3-5-11(13)21-22-23/h3-6H,7-10H2,1-2H3,(H,18,24)(H,19,20). The van der Waals surface area contributed by atoms with Crippen molar-refractivity contribution in [1.29, 1.82) is 0 Å². The number of nitrogens with zero attached hydrogens (tertiary/aromatic N) is 4. The molecule has 1 aliphatic heterocycles. The maximum Gasteiger partial charge on any atom is 0.271 e. The van der Waals surface area contributed by atoms with Gasteiger partial charge in [-0.25, -0.2) is 9.67 Å². The number of hydrogen-bond acceptors (Lipinski definition) is 4. The Bertz CT molecular complexity index is 907. The number of rotatable bonds is 3. The van der Waals surface area contributed by atoms with Gasteiger partial charge in [-0.3, -0.25) is 4.79 Å². The summed E-state index contributed by atoms with van der Waals surface area (Å²) in [5.74, 6) is 0.719. The van der Waals surface area contributed by atoms with E-state index in [1.54, 1.807) is 0 Å². The molecule has 3 aromatic rings. The van der Waals surface area contributed by atoms with E-state index >= 15 is 0 Å². The van der Waals surface area contributed by atoms with Crippen molar-refractivity contribution in [3.8, 4) is 0 Å². The van der Waals surface area contributed by atoms with E-state index in [1.807, 2.05) is 28.9 Å². The predicted molar refractivity (Wildman–Crippen MR) is 89.6 cm³/mol. The minimum Gasteiger partial charge on any atom is -0.350 e. The van der Waals surface area contributed by atoms with Crippen LogP contribution in [0.5, 0.6) is 0 Å². The van der Waals surface area contributed by atoms with Crippen LogP contribution in [-0.2, 0) is 19.4 Å². The number of aryl methyl sites for hydroxylation is 2. The number of aromatic amines is 1. The number of amides is 1. The van der Waals surface area contributed by atoms with Gasteiger partial charge in [0.25, 0.3) is 5.91 Å². The summed E-state index contributed by atoms with van der Waals surface area (Å²) in [6.07, 6.45) is 1.48. The fourth-order valence-corrected chi connectivity index (χ4v) is 3.14. The van der Waals surface area contributed by atoms with Crippen molar-refractivity contribution >= 4 is 16.9 Å². The van der Waals surface area contributed by atoms with Crippen molar-refractivity contribution in [1.82, 2.24) is 30.3 Å². The Hall–Kier alpha value is -2.70. The fraction of sp³-hybridized carbons (Fsp3) is 0.412. The number of imidazole rings is 1. The summed E-state index contributed by atoms with van der Waals surface area (Å²) in [4.78, 5) is 20.0. The van der Waals surface area contributed by atoms with Crippen molar-refractivity contribution in [2.45, 2.75) is 33.2 Å². The lowest BCUT2D eigenvalue weighted by molar-refractivity contribution is 0.0940. The number of para-hydroxylation sites is 1. The number of hydrogen-bond donors (Lipinski definition) is 2. The van der Waals surface area contributed by atoms with Gasteiger partial charge in [0.1, 0.15) is 17.0 Å². The maximum absolute atomic E-state index is 12.2. The second kappa shape index (κ2) is 5.43. The van der Waals surface area contributed by atoms with Crippen LogP contribution in [0.15, 0.2) is 24.3 Å². The molecule has 4 rings (SSSR count). The summed E-state index contributed by atoms with van der Waals surface area (Å²) >= 11 is 0. The van der Waals surface area contributed by atoms with Gasteiger partial charge in [-0.15, -0.1) is 5.10 Å². The molecule has 0 spiro atoms. The lowest BCUT2D eigenvalue weighted by Crippen LogP contribution is -2.32. The molecule has 0 atom stereocenters. The van der Waals surface area contributed by atoms with Crippen LogP contribution < -0.4 is 5.32 Å². The molecule has 1 aliphatic rings. The van der Waals surface area contributed by atoms with Crippen molar-refractivity contribution < 1.29 is 4.79 Å². The van der Waals surface area contributed by atoms with Gasteiger partial charge in [-0.2, -0.15) is 0 Å². The number of carbonyl (C=O) groups is 1. The van der Waals surface area contributed by atoms with Gasteiger partial charge >= 0.3 is 0 Å². The molecular weight excluding hydrogens is 304 g/mol. The van der Waals surface area contributed by atoms with E-state index in [0.717, 1.165) is 29.0 Å².